The highest BCUT2D eigenvalue weighted by atomic mass is 19.1. The van der Waals surface area contributed by atoms with Crippen LogP contribution in [0.2, 0.25) is 0 Å². The van der Waals surface area contributed by atoms with E-state index in [2.05, 4.69) is 33.8 Å². The summed E-state index contributed by atoms with van der Waals surface area (Å²) in [5, 5.41) is 16.3. The molecule has 1 fully saturated rings. The summed E-state index contributed by atoms with van der Waals surface area (Å²) < 4.78 is 20.3. The number of hydrogen-bond donors (Lipinski definition) is 3. The van der Waals surface area contributed by atoms with E-state index in [9.17, 15) is 9.50 Å². The second-order valence-corrected chi connectivity index (χ2v) is 8.42. The lowest BCUT2D eigenvalue weighted by Crippen LogP contribution is -2.38. The predicted molar refractivity (Wildman–Crippen MR) is 126 cm³/mol. The van der Waals surface area contributed by atoms with Crippen molar-refractivity contribution in [1.82, 2.24) is 10.6 Å². The van der Waals surface area contributed by atoms with Crippen LogP contribution in [0.5, 0.6) is 5.75 Å². The van der Waals surface area contributed by atoms with Crippen LogP contribution in [0.3, 0.4) is 0 Å². The van der Waals surface area contributed by atoms with Gasteiger partial charge in [-0.1, -0.05) is 18.2 Å². The zero-order valence-corrected chi connectivity index (χ0v) is 18.7. The maximum atomic E-state index is 14.7. The van der Waals surface area contributed by atoms with E-state index in [-0.39, 0.29) is 11.9 Å². The molecule has 0 aromatic heterocycles. The van der Waals surface area contributed by atoms with Gasteiger partial charge in [-0.3, -0.25) is 0 Å². The number of guanidine groups is 1. The molecule has 2 heterocycles. The van der Waals surface area contributed by atoms with Crippen LogP contribution in [0, 0.1) is 5.82 Å². The zero-order chi connectivity index (χ0) is 22.3. The smallest absolute Gasteiger partial charge is 0.191 e. The molecule has 2 aliphatic rings. The fourth-order valence-corrected chi connectivity index (χ4v) is 4.24. The van der Waals surface area contributed by atoms with Crippen LogP contribution >= 0.6 is 0 Å². The predicted octanol–water partition coefficient (Wildman–Crippen LogP) is 3.02. The molecule has 0 radical (unpaired) electrons. The second kappa shape index (κ2) is 10.7. The van der Waals surface area contributed by atoms with Crippen molar-refractivity contribution in [3.63, 3.8) is 0 Å². The SMILES string of the molecule is CCNC(=NCc1ccc(N2CCC(O)CC2)c(F)c1)NCCc1ccc2c(c1)CCO2. The highest BCUT2D eigenvalue weighted by Gasteiger charge is 2.19. The van der Waals surface area contributed by atoms with Gasteiger partial charge in [-0.05, 0) is 61.1 Å². The van der Waals surface area contributed by atoms with Crippen molar-refractivity contribution in [1.29, 1.82) is 0 Å². The van der Waals surface area contributed by atoms with E-state index in [4.69, 9.17) is 4.74 Å². The average molecular weight is 441 g/mol. The highest BCUT2D eigenvalue weighted by Crippen LogP contribution is 2.26. The van der Waals surface area contributed by atoms with Gasteiger partial charge in [0.1, 0.15) is 11.6 Å². The Kier molecular flexibility index (Phi) is 7.47. The number of aliphatic hydroxyl groups is 1. The molecule has 0 saturated carbocycles. The number of hydrogen-bond acceptors (Lipinski definition) is 4. The molecule has 0 spiro atoms. The number of nitrogens with one attached hydrogen (secondary N) is 2. The first-order valence-corrected chi connectivity index (χ1v) is 11.6. The lowest BCUT2D eigenvalue weighted by atomic mass is 10.1. The van der Waals surface area contributed by atoms with Crippen LogP contribution < -0.4 is 20.3 Å². The Morgan fingerprint density at radius 2 is 1.97 bits per heavy atom. The van der Waals surface area contributed by atoms with Crippen LogP contribution in [0.1, 0.15) is 36.5 Å². The monoisotopic (exact) mass is 440 g/mol. The van der Waals surface area contributed by atoms with Gasteiger partial charge >= 0.3 is 0 Å². The third-order valence-electron chi connectivity index (χ3n) is 6.04. The van der Waals surface area contributed by atoms with E-state index in [1.54, 1.807) is 6.07 Å². The summed E-state index contributed by atoms with van der Waals surface area (Å²) in [6, 6.07) is 11.7. The lowest BCUT2D eigenvalue weighted by Gasteiger charge is -2.31. The van der Waals surface area contributed by atoms with Crippen LogP contribution in [-0.4, -0.2) is 50.0 Å². The first kappa shape index (κ1) is 22.4. The summed E-state index contributed by atoms with van der Waals surface area (Å²) in [4.78, 5) is 6.63. The van der Waals surface area contributed by atoms with Gasteiger partial charge in [-0.15, -0.1) is 0 Å². The second-order valence-electron chi connectivity index (χ2n) is 8.42. The minimum absolute atomic E-state index is 0.229. The molecule has 6 nitrogen and oxygen atoms in total. The first-order valence-electron chi connectivity index (χ1n) is 11.6. The van der Waals surface area contributed by atoms with Gasteiger partial charge in [-0.25, -0.2) is 9.38 Å². The first-order chi connectivity index (χ1) is 15.6. The molecule has 2 aromatic rings. The quantitative estimate of drug-likeness (QED) is 0.456. The van der Waals surface area contributed by atoms with E-state index in [0.717, 1.165) is 49.8 Å². The number of anilines is 1. The van der Waals surface area contributed by atoms with Gasteiger partial charge in [0, 0.05) is 32.6 Å². The Labute approximate surface area is 189 Å². The summed E-state index contributed by atoms with van der Waals surface area (Å²) in [6.07, 6.45) is 2.98. The maximum Gasteiger partial charge on any atom is 0.191 e. The number of nitrogens with zero attached hydrogens (tertiary/aromatic N) is 2. The van der Waals surface area contributed by atoms with Crippen molar-refractivity contribution in [2.75, 3.05) is 37.7 Å². The molecule has 7 heteroatoms. The Balaban J connectivity index is 1.32. The van der Waals surface area contributed by atoms with Crippen LogP contribution in [0.25, 0.3) is 0 Å². The zero-order valence-electron chi connectivity index (χ0n) is 18.7. The number of fused-ring (bicyclic) bond motifs is 1. The van der Waals surface area contributed by atoms with E-state index in [1.807, 2.05) is 24.0 Å². The molecule has 4 rings (SSSR count). The molecule has 2 aromatic carbocycles. The van der Waals surface area contributed by atoms with E-state index in [0.29, 0.717) is 38.2 Å². The molecular formula is C25H33FN4O2. The summed E-state index contributed by atoms with van der Waals surface area (Å²) >= 11 is 0. The topological polar surface area (TPSA) is 69.1 Å². The molecule has 1 saturated heterocycles. The molecule has 0 bridgehead atoms. The molecule has 172 valence electrons. The summed E-state index contributed by atoms with van der Waals surface area (Å²) in [7, 11) is 0. The van der Waals surface area contributed by atoms with Crippen molar-refractivity contribution in [3.8, 4) is 5.75 Å². The number of aliphatic imine (C=N–C) groups is 1. The van der Waals surface area contributed by atoms with Gasteiger partial charge in [0.2, 0.25) is 0 Å². The molecule has 0 amide bonds. The number of ether oxygens (including phenoxy) is 1. The molecule has 0 aliphatic carbocycles. The van der Waals surface area contributed by atoms with Crippen molar-refractivity contribution < 1.29 is 14.2 Å². The lowest BCUT2D eigenvalue weighted by molar-refractivity contribution is 0.145. The fourth-order valence-electron chi connectivity index (χ4n) is 4.24. The molecule has 32 heavy (non-hydrogen) atoms. The van der Waals surface area contributed by atoms with Crippen molar-refractivity contribution >= 4 is 11.6 Å². The van der Waals surface area contributed by atoms with Gasteiger partial charge in [0.25, 0.3) is 0 Å². The third-order valence-corrected chi connectivity index (χ3v) is 6.04. The molecule has 2 aliphatic heterocycles. The summed E-state index contributed by atoms with van der Waals surface area (Å²) in [5.41, 5.74) is 4.00. The van der Waals surface area contributed by atoms with Gasteiger partial charge in [0.05, 0.1) is 24.9 Å². The molecular weight excluding hydrogens is 407 g/mol. The number of rotatable bonds is 7. The van der Waals surface area contributed by atoms with Crippen LogP contribution in [0.15, 0.2) is 41.4 Å². The normalized spacial score (nSPS) is 16.6. The Morgan fingerprint density at radius 1 is 1.16 bits per heavy atom. The highest BCUT2D eigenvalue weighted by molar-refractivity contribution is 5.79. The third kappa shape index (κ3) is 5.71. The van der Waals surface area contributed by atoms with Crippen LogP contribution in [-0.2, 0) is 19.4 Å². The Bertz CT molecular complexity index is 942. The van der Waals surface area contributed by atoms with E-state index in [1.165, 1.54) is 11.1 Å². The van der Waals surface area contributed by atoms with Gasteiger partial charge in [-0.2, -0.15) is 0 Å². The number of aliphatic hydroxyl groups excluding tert-OH is 1. The van der Waals surface area contributed by atoms with Gasteiger partial charge < -0.3 is 25.4 Å². The molecule has 0 atom stereocenters. The number of benzene rings is 2. The van der Waals surface area contributed by atoms with Gasteiger partial charge in [0.15, 0.2) is 5.96 Å². The minimum atomic E-state index is -0.267. The molecule has 0 unspecified atom stereocenters. The van der Waals surface area contributed by atoms with E-state index < -0.39 is 0 Å². The van der Waals surface area contributed by atoms with Crippen molar-refractivity contribution in [3.05, 3.63) is 58.9 Å². The maximum absolute atomic E-state index is 14.7. The Hall–Kier alpha value is -2.80. The number of halogens is 1. The minimum Gasteiger partial charge on any atom is -0.493 e. The standard InChI is InChI=1S/C25H33FN4O2/c1-2-27-25(28-11-7-18-4-6-24-20(15-18)10-14-32-24)29-17-19-3-5-23(22(26)16-19)30-12-8-21(31)9-13-30/h3-6,15-16,21,31H,2,7-14,17H2,1H3,(H2,27,28,29). The molecule has 3 N–H and O–H groups in total. The number of piperidine rings is 1. The Morgan fingerprint density at radius 3 is 2.75 bits per heavy atom. The van der Waals surface area contributed by atoms with E-state index >= 15 is 0 Å². The summed E-state index contributed by atoms with van der Waals surface area (Å²) in [6.45, 7) is 6.10. The van der Waals surface area contributed by atoms with Crippen LogP contribution in [0.4, 0.5) is 10.1 Å². The average Bonchev–Trinajstić information content (AvgIpc) is 3.26. The summed E-state index contributed by atoms with van der Waals surface area (Å²) in [5.74, 6) is 1.51. The van der Waals surface area contributed by atoms with Crippen molar-refractivity contribution in [2.45, 2.75) is 45.3 Å². The fraction of sp³-hybridized carbons (Fsp3) is 0.480. The largest absolute Gasteiger partial charge is 0.493 e. The van der Waals surface area contributed by atoms with Crippen molar-refractivity contribution in [2.24, 2.45) is 4.99 Å².